The van der Waals surface area contributed by atoms with Gasteiger partial charge >= 0.3 is 5.97 Å². The summed E-state index contributed by atoms with van der Waals surface area (Å²) in [7, 11) is 0. The fourth-order valence-electron chi connectivity index (χ4n) is 1.88. The molecular weight excluding hydrogens is 380 g/mol. The molecule has 0 fully saturated rings. The highest BCUT2D eigenvalue weighted by Crippen LogP contribution is 2.21. The normalized spacial score (nSPS) is 10.1. The van der Waals surface area contributed by atoms with Gasteiger partial charge < -0.3 is 10.1 Å². The van der Waals surface area contributed by atoms with Crippen LogP contribution in [0.15, 0.2) is 46.9 Å². The molecule has 0 atom stereocenters. The van der Waals surface area contributed by atoms with Crippen molar-refractivity contribution in [2.75, 3.05) is 11.9 Å². The number of hydrogen-bond donors (Lipinski definition) is 1. The Morgan fingerprint density at radius 3 is 2.62 bits per heavy atom. The summed E-state index contributed by atoms with van der Waals surface area (Å²) >= 11 is 3.35. The molecule has 7 nitrogen and oxygen atoms in total. The summed E-state index contributed by atoms with van der Waals surface area (Å²) in [6, 6.07) is 10.6. The van der Waals surface area contributed by atoms with Gasteiger partial charge in [0.1, 0.15) is 5.56 Å². The number of anilines is 1. The van der Waals surface area contributed by atoms with Gasteiger partial charge in [-0.05, 0) is 30.7 Å². The number of carbonyl (C=O) groups excluding carboxylic acids is 2. The van der Waals surface area contributed by atoms with Crippen molar-refractivity contribution in [3.8, 4) is 0 Å². The highest BCUT2D eigenvalue weighted by Gasteiger charge is 2.21. The van der Waals surface area contributed by atoms with Crippen LogP contribution >= 0.6 is 15.9 Å². The number of benzene rings is 2. The highest BCUT2D eigenvalue weighted by molar-refractivity contribution is 9.10. The van der Waals surface area contributed by atoms with Crippen LogP contribution in [-0.2, 0) is 9.53 Å². The zero-order chi connectivity index (χ0) is 17.7. The van der Waals surface area contributed by atoms with E-state index in [1.807, 2.05) is 13.0 Å². The van der Waals surface area contributed by atoms with Crippen molar-refractivity contribution in [3.63, 3.8) is 0 Å². The Morgan fingerprint density at radius 2 is 1.96 bits per heavy atom. The number of aryl methyl sites for hydroxylation is 1. The molecule has 0 saturated carbocycles. The average Bonchev–Trinajstić information content (AvgIpc) is 2.56. The molecule has 0 aliphatic heterocycles. The van der Waals surface area contributed by atoms with Crippen LogP contribution in [0.5, 0.6) is 0 Å². The van der Waals surface area contributed by atoms with Crippen LogP contribution in [-0.4, -0.2) is 23.4 Å². The van der Waals surface area contributed by atoms with E-state index in [-0.39, 0.29) is 11.3 Å². The molecule has 0 aliphatic rings. The lowest BCUT2D eigenvalue weighted by atomic mass is 10.2. The Bertz CT molecular complexity index is 807. The van der Waals surface area contributed by atoms with E-state index in [4.69, 9.17) is 4.74 Å². The number of nitro groups is 1. The maximum atomic E-state index is 11.9. The summed E-state index contributed by atoms with van der Waals surface area (Å²) in [6.45, 7) is 1.36. The van der Waals surface area contributed by atoms with E-state index in [1.54, 1.807) is 12.1 Å². The van der Waals surface area contributed by atoms with Gasteiger partial charge in [0.15, 0.2) is 6.61 Å². The van der Waals surface area contributed by atoms with E-state index in [2.05, 4.69) is 21.2 Å². The number of nitrogens with zero attached hydrogens (tertiary/aromatic N) is 1. The Kier molecular flexibility index (Phi) is 5.64. The lowest BCUT2D eigenvalue weighted by Crippen LogP contribution is -2.21. The lowest BCUT2D eigenvalue weighted by molar-refractivity contribution is -0.385. The number of carbonyl (C=O) groups is 2. The zero-order valence-electron chi connectivity index (χ0n) is 12.6. The second kappa shape index (κ2) is 7.69. The minimum atomic E-state index is -0.928. The zero-order valence-corrected chi connectivity index (χ0v) is 14.2. The van der Waals surface area contributed by atoms with Crippen LogP contribution in [0.25, 0.3) is 0 Å². The molecule has 0 aromatic heterocycles. The molecule has 0 spiro atoms. The maximum Gasteiger partial charge on any atom is 0.345 e. The Balaban J connectivity index is 1.97. The molecule has 124 valence electrons. The number of hydrogen-bond acceptors (Lipinski definition) is 5. The Hall–Kier alpha value is -2.74. The van der Waals surface area contributed by atoms with Gasteiger partial charge in [0.2, 0.25) is 0 Å². The number of nitrogens with one attached hydrogen (secondary N) is 1. The molecule has 0 saturated heterocycles. The molecular formula is C16H13BrN2O5. The standard InChI is InChI=1S/C16H13BrN2O5/c1-10-6-7-11(8-13(10)17)18-15(20)9-24-16(21)12-4-2-3-5-14(12)19(22)23/h2-8H,9H2,1H3,(H,18,20). The number of esters is 1. The van der Waals surface area contributed by atoms with Gasteiger partial charge in [0.05, 0.1) is 4.92 Å². The van der Waals surface area contributed by atoms with E-state index in [0.29, 0.717) is 5.69 Å². The largest absolute Gasteiger partial charge is 0.452 e. The van der Waals surface area contributed by atoms with Crippen LogP contribution in [0.4, 0.5) is 11.4 Å². The van der Waals surface area contributed by atoms with Crippen molar-refractivity contribution >= 4 is 39.2 Å². The first-order chi connectivity index (χ1) is 11.4. The molecule has 0 heterocycles. The SMILES string of the molecule is Cc1ccc(NC(=O)COC(=O)c2ccccc2[N+](=O)[O-])cc1Br. The second-order valence-electron chi connectivity index (χ2n) is 4.86. The number of nitro benzene ring substituents is 1. The third kappa shape index (κ3) is 4.39. The number of ether oxygens (including phenoxy) is 1. The first-order valence-electron chi connectivity index (χ1n) is 6.85. The summed E-state index contributed by atoms with van der Waals surface area (Å²) in [4.78, 5) is 33.9. The van der Waals surface area contributed by atoms with E-state index < -0.39 is 23.4 Å². The summed E-state index contributed by atoms with van der Waals surface area (Å²) in [6.07, 6.45) is 0. The minimum absolute atomic E-state index is 0.201. The third-order valence-corrected chi connectivity index (χ3v) is 3.96. The molecule has 0 aliphatic carbocycles. The average molecular weight is 393 g/mol. The summed E-state index contributed by atoms with van der Waals surface area (Å²) in [5, 5.41) is 13.5. The van der Waals surface area contributed by atoms with Gasteiger partial charge in [-0.3, -0.25) is 14.9 Å². The molecule has 2 rings (SSSR count). The third-order valence-electron chi connectivity index (χ3n) is 3.11. The Labute approximate surface area is 145 Å². The van der Waals surface area contributed by atoms with Crippen LogP contribution < -0.4 is 5.32 Å². The summed E-state index contributed by atoms with van der Waals surface area (Å²) in [5.74, 6) is -1.47. The molecule has 24 heavy (non-hydrogen) atoms. The van der Waals surface area contributed by atoms with E-state index in [9.17, 15) is 19.7 Å². The summed E-state index contributed by atoms with van der Waals surface area (Å²) in [5.41, 5.74) is 0.980. The fraction of sp³-hybridized carbons (Fsp3) is 0.125. The monoisotopic (exact) mass is 392 g/mol. The topological polar surface area (TPSA) is 98.5 Å². The highest BCUT2D eigenvalue weighted by atomic mass is 79.9. The Morgan fingerprint density at radius 1 is 1.25 bits per heavy atom. The molecule has 1 amide bonds. The maximum absolute atomic E-state index is 11.9. The van der Waals surface area contributed by atoms with Gasteiger partial charge in [0.25, 0.3) is 11.6 Å². The van der Waals surface area contributed by atoms with Crippen molar-refractivity contribution in [2.45, 2.75) is 6.92 Å². The quantitative estimate of drug-likeness (QED) is 0.477. The number of halogens is 1. The molecule has 0 unspecified atom stereocenters. The molecule has 0 bridgehead atoms. The van der Waals surface area contributed by atoms with E-state index in [1.165, 1.54) is 24.3 Å². The number of para-hydroxylation sites is 1. The van der Waals surface area contributed by atoms with Crippen LogP contribution in [0.2, 0.25) is 0 Å². The predicted molar refractivity (Wildman–Crippen MR) is 90.9 cm³/mol. The minimum Gasteiger partial charge on any atom is -0.452 e. The predicted octanol–water partition coefficient (Wildman–Crippen LogP) is 3.46. The van der Waals surface area contributed by atoms with Crippen molar-refractivity contribution in [3.05, 3.63) is 68.2 Å². The van der Waals surface area contributed by atoms with Crippen molar-refractivity contribution < 1.29 is 19.2 Å². The first-order valence-corrected chi connectivity index (χ1v) is 7.64. The van der Waals surface area contributed by atoms with Crippen LogP contribution in [0.1, 0.15) is 15.9 Å². The van der Waals surface area contributed by atoms with Crippen molar-refractivity contribution in [1.29, 1.82) is 0 Å². The molecule has 1 N–H and O–H groups in total. The van der Waals surface area contributed by atoms with Crippen molar-refractivity contribution in [2.24, 2.45) is 0 Å². The van der Waals surface area contributed by atoms with Gasteiger partial charge in [0, 0.05) is 16.2 Å². The van der Waals surface area contributed by atoms with Crippen LogP contribution in [0.3, 0.4) is 0 Å². The summed E-state index contributed by atoms with van der Waals surface area (Å²) < 4.78 is 5.67. The molecule has 2 aromatic carbocycles. The smallest absolute Gasteiger partial charge is 0.345 e. The van der Waals surface area contributed by atoms with Crippen molar-refractivity contribution in [1.82, 2.24) is 0 Å². The van der Waals surface area contributed by atoms with E-state index in [0.717, 1.165) is 10.0 Å². The van der Waals surface area contributed by atoms with Gasteiger partial charge in [-0.25, -0.2) is 4.79 Å². The lowest BCUT2D eigenvalue weighted by Gasteiger charge is -2.08. The molecule has 8 heteroatoms. The van der Waals surface area contributed by atoms with Gasteiger partial charge in [-0.2, -0.15) is 0 Å². The molecule has 0 radical (unpaired) electrons. The van der Waals surface area contributed by atoms with Crippen LogP contribution in [0, 0.1) is 17.0 Å². The molecule has 2 aromatic rings. The first kappa shape index (κ1) is 17.6. The fourth-order valence-corrected chi connectivity index (χ4v) is 2.26. The van der Waals surface area contributed by atoms with Gasteiger partial charge in [-0.1, -0.05) is 34.1 Å². The number of amides is 1. The number of rotatable bonds is 5. The van der Waals surface area contributed by atoms with E-state index >= 15 is 0 Å². The second-order valence-corrected chi connectivity index (χ2v) is 5.72. The van der Waals surface area contributed by atoms with Gasteiger partial charge in [-0.15, -0.1) is 0 Å².